The summed E-state index contributed by atoms with van der Waals surface area (Å²) in [5.41, 5.74) is 0. The first-order chi connectivity index (χ1) is 6.84. The number of aromatic nitrogens is 2. The number of anilines is 1. The Morgan fingerprint density at radius 2 is 1.94 bits per heavy atom. The first-order valence-electron chi connectivity index (χ1n) is 4.79. The molecule has 2 heterocycles. The summed E-state index contributed by atoms with van der Waals surface area (Å²) in [5.74, 6) is 0.817. The van der Waals surface area contributed by atoms with Gasteiger partial charge in [-0.15, -0.1) is 24.8 Å². The summed E-state index contributed by atoms with van der Waals surface area (Å²) in [6.07, 6.45) is 3.73. The van der Waals surface area contributed by atoms with Crippen molar-refractivity contribution in [1.29, 1.82) is 0 Å². The predicted octanol–water partition coefficient (Wildman–Crippen LogP) is 2.14. The van der Waals surface area contributed by atoms with Crippen LogP contribution < -0.4 is 10.6 Å². The second-order valence-electron chi connectivity index (χ2n) is 3.39. The molecule has 0 bridgehead atoms. The van der Waals surface area contributed by atoms with Crippen molar-refractivity contribution >= 4 is 42.2 Å². The van der Waals surface area contributed by atoms with Gasteiger partial charge < -0.3 is 10.6 Å². The summed E-state index contributed by atoms with van der Waals surface area (Å²) in [7, 11) is 0. The van der Waals surface area contributed by atoms with E-state index in [9.17, 15) is 0 Å². The average molecular weight is 286 g/mol. The van der Waals surface area contributed by atoms with Crippen molar-refractivity contribution in [2.75, 3.05) is 18.4 Å². The highest BCUT2D eigenvalue weighted by atomic mass is 35.5. The molecule has 1 aliphatic rings. The normalized spacial score (nSPS) is 15.8. The Bertz CT molecular complexity index is 305. The van der Waals surface area contributed by atoms with E-state index >= 15 is 0 Å². The Labute approximate surface area is 112 Å². The summed E-state index contributed by atoms with van der Waals surface area (Å²) < 4.78 is 0. The molecule has 0 unspecified atom stereocenters. The van der Waals surface area contributed by atoms with Gasteiger partial charge in [0.15, 0.2) is 0 Å². The van der Waals surface area contributed by atoms with E-state index in [4.69, 9.17) is 11.6 Å². The van der Waals surface area contributed by atoms with Gasteiger partial charge in [-0.05, 0) is 25.9 Å². The molecule has 1 aromatic rings. The Balaban J connectivity index is 0.00000112. The first-order valence-corrected chi connectivity index (χ1v) is 5.17. The maximum Gasteiger partial charge on any atom is 0.134 e. The lowest BCUT2D eigenvalue weighted by atomic mass is 10.1. The van der Waals surface area contributed by atoms with Crippen molar-refractivity contribution in [3.63, 3.8) is 0 Å². The van der Waals surface area contributed by atoms with Crippen LogP contribution in [0.3, 0.4) is 0 Å². The summed E-state index contributed by atoms with van der Waals surface area (Å²) >= 11 is 5.76. The van der Waals surface area contributed by atoms with Gasteiger partial charge >= 0.3 is 0 Å². The molecule has 0 spiro atoms. The molecule has 2 rings (SSSR count). The molecule has 16 heavy (non-hydrogen) atoms. The predicted molar refractivity (Wildman–Crippen MR) is 71.1 cm³/mol. The first kappa shape index (κ1) is 15.7. The maximum atomic E-state index is 5.76. The zero-order chi connectivity index (χ0) is 9.80. The van der Waals surface area contributed by atoms with E-state index in [1.54, 1.807) is 6.07 Å². The van der Waals surface area contributed by atoms with E-state index in [-0.39, 0.29) is 24.8 Å². The van der Waals surface area contributed by atoms with Crippen molar-refractivity contribution in [3.8, 4) is 0 Å². The minimum Gasteiger partial charge on any atom is -0.367 e. The second kappa shape index (κ2) is 7.90. The van der Waals surface area contributed by atoms with Crippen LogP contribution in [0.15, 0.2) is 12.4 Å². The third-order valence-electron chi connectivity index (χ3n) is 2.32. The third kappa shape index (κ3) is 4.70. The lowest BCUT2D eigenvalue weighted by Gasteiger charge is -2.23. The van der Waals surface area contributed by atoms with Crippen molar-refractivity contribution in [1.82, 2.24) is 15.3 Å². The van der Waals surface area contributed by atoms with E-state index in [0.29, 0.717) is 11.2 Å². The number of hydrogen-bond donors (Lipinski definition) is 2. The van der Waals surface area contributed by atoms with Gasteiger partial charge in [0.25, 0.3) is 0 Å². The van der Waals surface area contributed by atoms with Crippen LogP contribution in [0.4, 0.5) is 5.82 Å². The minimum atomic E-state index is 0. The maximum absolute atomic E-state index is 5.76. The minimum absolute atomic E-state index is 0. The molecule has 0 radical (unpaired) electrons. The van der Waals surface area contributed by atoms with Crippen LogP contribution in [0.1, 0.15) is 12.8 Å². The molecule has 2 N–H and O–H groups in total. The molecule has 92 valence electrons. The zero-order valence-electron chi connectivity index (χ0n) is 8.65. The lowest BCUT2D eigenvalue weighted by Crippen LogP contribution is -2.35. The largest absolute Gasteiger partial charge is 0.367 e. The molecule has 1 fully saturated rings. The van der Waals surface area contributed by atoms with Crippen LogP contribution >= 0.6 is 36.4 Å². The van der Waals surface area contributed by atoms with Gasteiger partial charge in [0.1, 0.15) is 17.3 Å². The Morgan fingerprint density at radius 1 is 1.25 bits per heavy atom. The van der Waals surface area contributed by atoms with Crippen LogP contribution in [0.2, 0.25) is 5.15 Å². The highest BCUT2D eigenvalue weighted by Gasteiger charge is 2.12. The van der Waals surface area contributed by atoms with Crippen molar-refractivity contribution in [2.24, 2.45) is 0 Å². The van der Waals surface area contributed by atoms with E-state index < -0.39 is 0 Å². The average Bonchev–Trinajstić information content (AvgIpc) is 2.19. The third-order valence-corrected chi connectivity index (χ3v) is 2.53. The molecule has 7 heteroatoms. The number of halogens is 3. The van der Waals surface area contributed by atoms with Gasteiger partial charge in [-0.1, -0.05) is 11.6 Å². The lowest BCUT2D eigenvalue weighted by molar-refractivity contribution is 0.478. The van der Waals surface area contributed by atoms with Crippen LogP contribution in [0, 0.1) is 0 Å². The molecular formula is C9H15Cl3N4. The van der Waals surface area contributed by atoms with Crippen molar-refractivity contribution < 1.29 is 0 Å². The van der Waals surface area contributed by atoms with Crippen LogP contribution in [-0.4, -0.2) is 29.1 Å². The second-order valence-corrected chi connectivity index (χ2v) is 3.78. The smallest absolute Gasteiger partial charge is 0.134 e. The molecule has 0 aliphatic carbocycles. The highest BCUT2D eigenvalue weighted by molar-refractivity contribution is 6.29. The summed E-state index contributed by atoms with van der Waals surface area (Å²) in [6.45, 7) is 2.13. The van der Waals surface area contributed by atoms with Gasteiger partial charge in [0, 0.05) is 12.1 Å². The fourth-order valence-corrected chi connectivity index (χ4v) is 1.73. The fraction of sp³-hybridized carbons (Fsp3) is 0.556. The summed E-state index contributed by atoms with van der Waals surface area (Å²) in [5, 5.41) is 7.14. The molecule has 0 atom stereocenters. The van der Waals surface area contributed by atoms with Crippen LogP contribution in [0.25, 0.3) is 0 Å². The van der Waals surface area contributed by atoms with Crippen molar-refractivity contribution in [3.05, 3.63) is 17.5 Å². The van der Waals surface area contributed by atoms with Crippen LogP contribution in [-0.2, 0) is 0 Å². The Morgan fingerprint density at radius 3 is 2.56 bits per heavy atom. The molecule has 1 aromatic heterocycles. The Kier molecular flexibility index (Phi) is 7.76. The van der Waals surface area contributed by atoms with Crippen LogP contribution in [0.5, 0.6) is 0 Å². The molecule has 1 aliphatic heterocycles. The summed E-state index contributed by atoms with van der Waals surface area (Å²) in [4.78, 5) is 7.94. The van der Waals surface area contributed by atoms with Gasteiger partial charge in [0.05, 0.1) is 0 Å². The summed E-state index contributed by atoms with van der Waals surface area (Å²) in [6, 6.07) is 2.26. The monoisotopic (exact) mass is 284 g/mol. The standard InChI is InChI=1S/C9H13ClN4.2ClH/c10-8-5-9(13-6-12-8)14-7-1-3-11-4-2-7;;/h5-7,11H,1-4H2,(H,12,13,14);2*1H. The fourth-order valence-electron chi connectivity index (χ4n) is 1.59. The number of piperidine rings is 1. The van der Waals surface area contributed by atoms with E-state index in [1.807, 2.05) is 0 Å². The SMILES string of the molecule is Cl.Cl.Clc1cc(NC2CCNCC2)ncn1. The van der Waals surface area contributed by atoms with Gasteiger partial charge in [0.2, 0.25) is 0 Å². The van der Waals surface area contributed by atoms with E-state index in [2.05, 4.69) is 20.6 Å². The zero-order valence-corrected chi connectivity index (χ0v) is 11.0. The van der Waals surface area contributed by atoms with Gasteiger partial charge in [-0.2, -0.15) is 0 Å². The van der Waals surface area contributed by atoms with E-state index in [0.717, 1.165) is 31.7 Å². The molecule has 0 amide bonds. The van der Waals surface area contributed by atoms with Gasteiger partial charge in [-0.25, -0.2) is 9.97 Å². The highest BCUT2D eigenvalue weighted by Crippen LogP contribution is 2.13. The molecule has 0 saturated carbocycles. The quantitative estimate of drug-likeness (QED) is 0.818. The topological polar surface area (TPSA) is 49.8 Å². The number of nitrogens with zero attached hydrogens (tertiary/aromatic N) is 2. The molecule has 4 nitrogen and oxygen atoms in total. The van der Waals surface area contributed by atoms with E-state index in [1.165, 1.54) is 6.33 Å². The van der Waals surface area contributed by atoms with Gasteiger partial charge in [-0.3, -0.25) is 0 Å². The number of hydrogen-bond acceptors (Lipinski definition) is 4. The molecule has 1 saturated heterocycles. The molecular weight excluding hydrogens is 270 g/mol. The Hall–Kier alpha value is -0.290. The number of nitrogens with one attached hydrogen (secondary N) is 2. The number of rotatable bonds is 2. The molecule has 0 aromatic carbocycles. The van der Waals surface area contributed by atoms with Crippen molar-refractivity contribution in [2.45, 2.75) is 18.9 Å².